The van der Waals surface area contributed by atoms with Gasteiger partial charge in [-0.2, -0.15) is 0 Å². The molecule has 3 saturated heterocycles. The SMILES string of the molecule is CON=C(C)[C@@H]1CN2CCC1CC2. The Labute approximate surface area is 79.7 Å². The van der Waals surface area contributed by atoms with Gasteiger partial charge in [0.05, 0.1) is 5.71 Å². The summed E-state index contributed by atoms with van der Waals surface area (Å²) in [5, 5.41) is 4.06. The molecule has 0 aromatic rings. The van der Waals surface area contributed by atoms with E-state index >= 15 is 0 Å². The molecule has 0 spiro atoms. The van der Waals surface area contributed by atoms with Crippen molar-refractivity contribution in [1.82, 2.24) is 4.90 Å². The number of oxime groups is 1. The molecule has 3 nitrogen and oxygen atoms in total. The van der Waals surface area contributed by atoms with E-state index in [2.05, 4.69) is 17.0 Å². The molecule has 0 aromatic carbocycles. The van der Waals surface area contributed by atoms with Crippen molar-refractivity contribution >= 4 is 5.71 Å². The number of nitrogens with zero attached hydrogens (tertiary/aromatic N) is 2. The molecule has 0 unspecified atom stereocenters. The van der Waals surface area contributed by atoms with Gasteiger partial charge >= 0.3 is 0 Å². The lowest BCUT2D eigenvalue weighted by Gasteiger charge is -2.44. The van der Waals surface area contributed by atoms with E-state index in [0.29, 0.717) is 5.92 Å². The lowest BCUT2D eigenvalue weighted by molar-refractivity contribution is 0.0791. The van der Waals surface area contributed by atoms with Gasteiger partial charge < -0.3 is 9.74 Å². The van der Waals surface area contributed by atoms with Crippen LogP contribution in [0.15, 0.2) is 5.16 Å². The second-order valence-electron chi connectivity index (χ2n) is 4.16. The molecule has 3 aliphatic rings. The topological polar surface area (TPSA) is 24.8 Å². The van der Waals surface area contributed by atoms with Crippen molar-refractivity contribution in [3.8, 4) is 0 Å². The zero-order chi connectivity index (χ0) is 9.26. The van der Waals surface area contributed by atoms with E-state index in [9.17, 15) is 0 Å². The Morgan fingerprint density at radius 1 is 1.38 bits per heavy atom. The van der Waals surface area contributed by atoms with Gasteiger partial charge in [-0.15, -0.1) is 0 Å². The Hall–Kier alpha value is -0.570. The number of hydrogen-bond acceptors (Lipinski definition) is 3. The first-order valence-electron chi connectivity index (χ1n) is 5.11. The van der Waals surface area contributed by atoms with Crippen molar-refractivity contribution in [1.29, 1.82) is 0 Å². The minimum absolute atomic E-state index is 0.655. The highest BCUT2D eigenvalue weighted by atomic mass is 16.6. The van der Waals surface area contributed by atoms with Gasteiger partial charge in [-0.1, -0.05) is 5.16 Å². The van der Waals surface area contributed by atoms with E-state index < -0.39 is 0 Å². The first-order valence-corrected chi connectivity index (χ1v) is 5.11. The van der Waals surface area contributed by atoms with Crippen molar-refractivity contribution < 1.29 is 4.84 Å². The third kappa shape index (κ3) is 1.70. The summed E-state index contributed by atoms with van der Waals surface area (Å²) in [6, 6.07) is 0. The number of fused-ring (bicyclic) bond motifs is 3. The molecule has 3 fully saturated rings. The van der Waals surface area contributed by atoms with Gasteiger partial charge in [-0.3, -0.25) is 0 Å². The van der Waals surface area contributed by atoms with Gasteiger partial charge in [0.25, 0.3) is 0 Å². The summed E-state index contributed by atoms with van der Waals surface area (Å²) in [6.45, 7) is 5.88. The summed E-state index contributed by atoms with van der Waals surface area (Å²) in [4.78, 5) is 7.37. The van der Waals surface area contributed by atoms with Gasteiger partial charge in [0.2, 0.25) is 0 Å². The fourth-order valence-electron chi connectivity index (χ4n) is 2.65. The van der Waals surface area contributed by atoms with Gasteiger partial charge in [-0.25, -0.2) is 0 Å². The first kappa shape index (κ1) is 9.00. The van der Waals surface area contributed by atoms with Gasteiger partial charge in [0.15, 0.2) is 0 Å². The number of hydrogen-bond donors (Lipinski definition) is 0. The maximum Gasteiger partial charge on any atom is 0.106 e. The molecule has 0 aliphatic carbocycles. The largest absolute Gasteiger partial charge is 0.399 e. The molecular weight excluding hydrogens is 164 g/mol. The summed E-state index contributed by atoms with van der Waals surface area (Å²) >= 11 is 0. The van der Waals surface area contributed by atoms with Gasteiger partial charge in [0, 0.05) is 12.5 Å². The molecule has 1 atom stereocenters. The molecule has 13 heavy (non-hydrogen) atoms. The van der Waals surface area contributed by atoms with Crippen LogP contribution >= 0.6 is 0 Å². The third-order valence-corrected chi connectivity index (χ3v) is 3.43. The molecule has 2 bridgehead atoms. The Bertz CT molecular complexity index is 207. The average molecular weight is 182 g/mol. The minimum Gasteiger partial charge on any atom is -0.399 e. The third-order valence-electron chi connectivity index (χ3n) is 3.43. The minimum atomic E-state index is 0.655. The van der Waals surface area contributed by atoms with Gasteiger partial charge in [0.1, 0.15) is 7.11 Å². The fourth-order valence-corrected chi connectivity index (χ4v) is 2.65. The average Bonchev–Trinajstić information content (AvgIpc) is 2.20. The highest BCUT2D eigenvalue weighted by Crippen LogP contribution is 2.33. The molecule has 0 radical (unpaired) electrons. The van der Waals surface area contributed by atoms with Crippen LogP contribution in [-0.2, 0) is 4.84 Å². The lowest BCUT2D eigenvalue weighted by atomic mass is 9.77. The molecule has 0 amide bonds. The van der Waals surface area contributed by atoms with Crippen LogP contribution in [0.25, 0.3) is 0 Å². The van der Waals surface area contributed by atoms with E-state index in [1.807, 2.05) is 0 Å². The second-order valence-corrected chi connectivity index (χ2v) is 4.16. The molecule has 3 rings (SSSR count). The molecule has 0 aromatic heterocycles. The summed E-state index contributed by atoms with van der Waals surface area (Å²) in [5.41, 5.74) is 1.18. The van der Waals surface area contributed by atoms with Crippen LogP contribution in [0.5, 0.6) is 0 Å². The summed E-state index contributed by atoms with van der Waals surface area (Å²) in [5.74, 6) is 1.52. The predicted molar refractivity (Wildman–Crippen MR) is 52.8 cm³/mol. The number of piperidine rings is 3. The molecule has 3 aliphatic heterocycles. The van der Waals surface area contributed by atoms with Crippen LogP contribution in [0.1, 0.15) is 19.8 Å². The van der Waals surface area contributed by atoms with E-state index in [-0.39, 0.29) is 0 Å². The molecule has 3 heterocycles. The Kier molecular flexibility index (Phi) is 2.54. The van der Waals surface area contributed by atoms with Crippen molar-refractivity contribution in [2.24, 2.45) is 17.0 Å². The van der Waals surface area contributed by atoms with Crippen LogP contribution in [0, 0.1) is 11.8 Å². The first-order chi connectivity index (χ1) is 6.31. The van der Waals surface area contributed by atoms with Crippen molar-refractivity contribution in [3.05, 3.63) is 0 Å². The van der Waals surface area contributed by atoms with Crippen LogP contribution in [0.4, 0.5) is 0 Å². The van der Waals surface area contributed by atoms with Crippen LogP contribution < -0.4 is 0 Å². The smallest absolute Gasteiger partial charge is 0.106 e. The summed E-state index contributed by atoms with van der Waals surface area (Å²) in [6.07, 6.45) is 2.70. The Morgan fingerprint density at radius 3 is 2.54 bits per heavy atom. The quantitative estimate of drug-likeness (QED) is 0.475. The zero-order valence-corrected chi connectivity index (χ0v) is 8.49. The summed E-state index contributed by atoms with van der Waals surface area (Å²) in [7, 11) is 1.63. The lowest BCUT2D eigenvalue weighted by Crippen LogP contribution is -2.49. The van der Waals surface area contributed by atoms with E-state index in [0.717, 1.165) is 5.92 Å². The number of rotatable bonds is 2. The maximum atomic E-state index is 4.83. The Balaban J connectivity index is 2.04. The van der Waals surface area contributed by atoms with E-state index in [4.69, 9.17) is 4.84 Å². The molecule has 0 saturated carbocycles. The Morgan fingerprint density at radius 2 is 2.08 bits per heavy atom. The maximum absolute atomic E-state index is 4.83. The predicted octanol–water partition coefficient (Wildman–Crippen LogP) is 1.35. The van der Waals surface area contributed by atoms with Crippen LogP contribution in [-0.4, -0.2) is 37.4 Å². The monoisotopic (exact) mass is 182 g/mol. The second kappa shape index (κ2) is 3.66. The highest BCUT2D eigenvalue weighted by Gasteiger charge is 2.35. The molecule has 74 valence electrons. The van der Waals surface area contributed by atoms with Crippen molar-refractivity contribution in [3.63, 3.8) is 0 Å². The molecule has 3 heteroatoms. The van der Waals surface area contributed by atoms with E-state index in [1.54, 1.807) is 7.11 Å². The molecule has 0 N–H and O–H groups in total. The molecular formula is C10H18N2O. The fraction of sp³-hybridized carbons (Fsp3) is 0.900. The standard InChI is InChI=1S/C10H18N2O/c1-8(11-13-2)10-7-12-5-3-9(10)4-6-12/h9-10H,3-7H2,1-2H3/t10-/m0/s1. The van der Waals surface area contributed by atoms with Crippen LogP contribution in [0.3, 0.4) is 0 Å². The summed E-state index contributed by atoms with van der Waals surface area (Å²) < 4.78 is 0. The van der Waals surface area contributed by atoms with Crippen LogP contribution in [0.2, 0.25) is 0 Å². The highest BCUT2D eigenvalue weighted by molar-refractivity contribution is 5.84. The van der Waals surface area contributed by atoms with Crippen molar-refractivity contribution in [2.45, 2.75) is 19.8 Å². The van der Waals surface area contributed by atoms with E-state index in [1.165, 1.54) is 38.2 Å². The van der Waals surface area contributed by atoms with Gasteiger partial charge in [-0.05, 0) is 38.8 Å². The zero-order valence-electron chi connectivity index (χ0n) is 8.49. The normalized spacial score (nSPS) is 39.2. The van der Waals surface area contributed by atoms with Crippen molar-refractivity contribution in [2.75, 3.05) is 26.7 Å².